The zero-order valence-electron chi connectivity index (χ0n) is 18.8. The second-order valence-corrected chi connectivity index (χ2v) is 11.1. The molecule has 0 saturated heterocycles. The van der Waals surface area contributed by atoms with Crippen molar-refractivity contribution in [2.75, 3.05) is 0 Å². The van der Waals surface area contributed by atoms with E-state index in [1.165, 1.54) is 55.2 Å². The van der Waals surface area contributed by atoms with Gasteiger partial charge in [-0.1, -0.05) is 103 Å². The van der Waals surface area contributed by atoms with E-state index in [0.717, 1.165) is 5.92 Å². The Labute approximate surface area is 168 Å². The van der Waals surface area contributed by atoms with Gasteiger partial charge in [-0.05, 0) is 59.6 Å². The summed E-state index contributed by atoms with van der Waals surface area (Å²) in [5, 5.41) is 0. The summed E-state index contributed by atoms with van der Waals surface area (Å²) in [6, 6.07) is 8.93. The van der Waals surface area contributed by atoms with Crippen molar-refractivity contribution in [2.24, 2.45) is 22.2 Å². The molecule has 1 saturated carbocycles. The Hall–Kier alpha value is -1.30. The van der Waals surface area contributed by atoms with Crippen LogP contribution >= 0.6 is 0 Å². The van der Waals surface area contributed by atoms with Gasteiger partial charge in [-0.25, -0.2) is 0 Å². The minimum Gasteiger partial charge on any atom is -0.0693 e. The van der Waals surface area contributed by atoms with Crippen molar-refractivity contribution in [3.63, 3.8) is 0 Å². The van der Waals surface area contributed by atoms with Gasteiger partial charge in [-0.15, -0.1) is 0 Å². The van der Waals surface area contributed by atoms with E-state index in [1.54, 1.807) is 5.57 Å². The first-order valence-electron chi connectivity index (χ1n) is 11.0. The van der Waals surface area contributed by atoms with Gasteiger partial charge in [0.1, 0.15) is 0 Å². The summed E-state index contributed by atoms with van der Waals surface area (Å²) in [6.07, 6.45) is 13.5. The maximum Gasteiger partial charge on any atom is 0.000507 e. The van der Waals surface area contributed by atoms with Crippen LogP contribution in [0.15, 0.2) is 42.0 Å². The van der Waals surface area contributed by atoms with E-state index in [-0.39, 0.29) is 16.2 Å². The zero-order valence-corrected chi connectivity index (χ0v) is 18.8. The van der Waals surface area contributed by atoms with Crippen molar-refractivity contribution in [3.8, 4) is 0 Å². The van der Waals surface area contributed by atoms with Crippen LogP contribution < -0.4 is 0 Å². The molecule has 0 heterocycles. The lowest BCUT2D eigenvalue weighted by Gasteiger charge is -2.53. The molecule has 0 aromatic heterocycles. The first kappa shape index (κ1) is 20.4. The SMILES string of the molecule is Cc1ccccc1C1=CC(C2CCCCC2)(C(C)(C)C)CC(C(C)(C)C)=C1. The number of hydrogen-bond acceptors (Lipinski definition) is 0. The first-order valence-corrected chi connectivity index (χ1v) is 11.0. The molecule has 0 bridgehead atoms. The van der Waals surface area contributed by atoms with Gasteiger partial charge in [0, 0.05) is 5.41 Å². The van der Waals surface area contributed by atoms with Crippen LogP contribution in [0.25, 0.3) is 5.57 Å². The molecule has 0 nitrogen and oxygen atoms in total. The van der Waals surface area contributed by atoms with E-state index in [2.05, 4.69) is 84.9 Å². The van der Waals surface area contributed by atoms with Gasteiger partial charge in [0.05, 0.1) is 0 Å². The molecule has 1 unspecified atom stereocenters. The Bertz CT molecular complexity index is 726. The van der Waals surface area contributed by atoms with E-state index in [0.29, 0.717) is 0 Å². The van der Waals surface area contributed by atoms with Crippen molar-refractivity contribution < 1.29 is 0 Å². The highest BCUT2D eigenvalue weighted by Gasteiger charge is 2.49. The average Bonchev–Trinajstić information content (AvgIpc) is 2.60. The third-order valence-corrected chi connectivity index (χ3v) is 7.38. The van der Waals surface area contributed by atoms with Crippen LogP contribution in [-0.4, -0.2) is 0 Å². The fourth-order valence-corrected chi connectivity index (χ4v) is 5.43. The summed E-state index contributed by atoms with van der Waals surface area (Å²) in [5.41, 5.74) is 6.63. The van der Waals surface area contributed by atoms with Crippen LogP contribution in [0.4, 0.5) is 0 Å². The minimum atomic E-state index is 0.216. The van der Waals surface area contributed by atoms with Gasteiger partial charge in [-0.2, -0.15) is 0 Å². The molecule has 148 valence electrons. The van der Waals surface area contributed by atoms with E-state index in [1.807, 2.05) is 0 Å². The molecule has 1 aromatic rings. The smallest absolute Gasteiger partial charge is 0.000507 e. The molecule has 0 heteroatoms. The van der Waals surface area contributed by atoms with Crippen molar-refractivity contribution in [1.29, 1.82) is 0 Å². The second kappa shape index (κ2) is 7.26. The monoisotopic (exact) mass is 364 g/mol. The number of aryl methyl sites for hydroxylation is 1. The van der Waals surface area contributed by atoms with E-state index in [9.17, 15) is 0 Å². The largest absolute Gasteiger partial charge is 0.0693 e. The highest BCUT2D eigenvalue weighted by Crippen LogP contribution is 2.59. The molecule has 3 rings (SSSR count). The normalized spacial score (nSPS) is 25.1. The summed E-state index contributed by atoms with van der Waals surface area (Å²) >= 11 is 0. The summed E-state index contributed by atoms with van der Waals surface area (Å²) in [4.78, 5) is 0. The van der Waals surface area contributed by atoms with Gasteiger partial charge in [-0.3, -0.25) is 0 Å². The predicted octanol–water partition coefficient (Wildman–Crippen LogP) is 8.37. The summed E-state index contributed by atoms with van der Waals surface area (Å²) in [5.74, 6) is 0.802. The molecule has 1 aromatic carbocycles. The van der Waals surface area contributed by atoms with Crippen molar-refractivity contribution in [2.45, 2.75) is 87.0 Å². The Morgan fingerprint density at radius 3 is 2.07 bits per heavy atom. The third kappa shape index (κ3) is 3.96. The summed E-state index contributed by atoms with van der Waals surface area (Å²) < 4.78 is 0. The maximum atomic E-state index is 2.71. The third-order valence-electron chi connectivity index (χ3n) is 7.38. The molecule has 27 heavy (non-hydrogen) atoms. The van der Waals surface area contributed by atoms with Gasteiger partial charge < -0.3 is 0 Å². The van der Waals surface area contributed by atoms with Crippen LogP contribution in [0.5, 0.6) is 0 Å². The average molecular weight is 365 g/mol. The van der Waals surface area contributed by atoms with Crippen molar-refractivity contribution >= 4 is 5.57 Å². The van der Waals surface area contributed by atoms with Crippen LogP contribution in [0, 0.1) is 29.1 Å². The molecule has 1 atom stereocenters. The van der Waals surface area contributed by atoms with Gasteiger partial charge in [0.15, 0.2) is 0 Å². The molecule has 1 fully saturated rings. The second-order valence-electron chi connectivity index (χ2n) is 11.1. The minimum absolute atomic E-state index is 0.216. The van der Waals surface area contributed by atoms with Crippen LogP contribution in [-0.2, 0) is 0 Å². The van der Waals surface area contributed by atoms with E-state index in [4.69, 9.17) is 0 Å². The number of benzene rings is 1. The molecule has 0 aliphatic heterocycles. The van der Waals surface area contributed by atoms with Crippen LogP contribution in [0.3, 0.4) is 0 Å². The lowest BCUT2D eigenvalue weighted by molar-refractivity contribution is 0.0392. The Morgan fingerprint density at radius 1 is 0.889 bits per heavy atom. The zero-order chi connectivity index (χ0) is 19.9. The van der Waals surface area contributed by atoms with E-state index >= 15 is 0 Å². The van der Waals surface area contributed by atoms with E-state index < -0.39 is 0 Å². The fourth-order valence-electron chi connectivity index (χ4n) is 5.43. The lowest BCUT2D eigenvalue weighted by atomic mass is 9.51. The Kier molecular flexibility index (Phi) is 5.50. The van der Waals surface area contributed by atoms with Gasteiger partial charge >= 0.3 is 0 Å². The Morgan fingerprint density at radius 2 is 1.52 bits per heavy atom. The summed E-state index contributed by atoms with van der Waals surface area (Å²) in [7, 11) is 0. The first-order chi connectivity index (χ1) is 12.5. The molecule has 2 aliphatic carbocycles. The van der Waals surface area contributed by atoms with Crippen molar-refractivity contribution in [1.82, 2.24) is 0 Å². The number of allylic oxidation sites excluding steroid dienone is 4. The quantitative estimate of drug-likeness (QED) is 0.494. The fraction of sp³-hybridized carbons (Fsp3) is 0.630. The molecule has 0 spiro atoms. The predicted molar refractivity (Wildman–Crippen MR) is 120 cm³/mol. The maximum absolute atomic E-state index is 2.71. The topological polar surface area (TPSA) is 0 Å². The molecule has 0 radical (unpaired) electrons. The van der Waals surface area contributed by atoms with Gasteiger partial charge in [0.25, 0.3) is 0 Å². The highest BCUT2D eigenvalue weighted by molar-refractivity contribution is 5.78. The molecular weight excluding hydrogens is 324 g/mol. The Balaban J connectivity index is 2.20. The molecular formula is C27H40. The molecule has 0 amide bonds. The number of rotatable bonds is 2. The molecule has 0 N–H and O–H groups in total. The summed E-state index contributed by atoms with van der Waals surface area (Å²) in [6.45, 7) is 16.9. The van der Waals surface area contributed by atoms with Gasteiger partial charge in [0.2, 0.25) is 0 Å². The highest BCUT2D eigenvalue weighted by atomic mass is 14.5. The van der Waals surface area contributed by atoms with Crippen molar-refractivity contribution in [3.05, 3.63) is 53.1 Å². The van der Waals surface area contributed by atoms with Crippen LogP contribution in [0.2, 0.25) is 0 Å². The lowest BCUT2D eigenvalue weighted by Crippen LogP contribution is -2.44. The molecule has 2 aliphatic rings. The number of hydrogen-bond donors (Lipinski definition) is 0. The standard InChI is InChI=1S/C27H40/c1-20-13-11-12-16-24(20)21-17-23(25(2,3)4)19-27(18-21,26(5,6)7)22-14-9-8-10-15-22/h11-13,16-18,22H,8-10,14-15,19H2,1-7H3. The van der Waals surface area contributed by atoms with Crippen LogP contribution in [0.1, 0.15) is 91.2 Å².